The predicted molar refractivity (Wildman–Crippen MR) is 169 cm³/mol. The van der Waals surface area contributed by atoms with Crippen LogP contribution >= 0.6 is 0 Å². The van der Waals surface area contributed by atoms with Gasteiger partial charge < -0.3 is 14.2 Å². The first-order valence-corrected chi connectivity index (χ1v) is 18.2. The largest absolute Gasteiger partial charge is 0.378 e. The molecule has 0 aromatic heterocycles. The molecule has 3 heteroatoms. The zero-order valence-corrected chi connectivity index (χ0v) is 26.7. The molecule has 0 aromatic rings. The third-order valence-corrected chi connectivity index (χ3v) is 9.34. The highest BCUT2D eigenvalue weighted by atomic mass is 16.5. The third-order valence-electron chi connectivity index (χ3n) is 9.34. The molecule has 0 spiro atoms. The monoisotopic (exact) mass is 551 g/mol. The van der Waals surface area contributed by atoms with Crippen LogP contribution in [0.5, 0.6) is 0 Å². The Morgan fingerprint density at radius 3 is 1.08 bits per heavy atom. The summed E-state index contributed by atoms with van der Waals surface area (Å²) in [5.74, 6) is 0. The number of hydrogen-bond acceptors (Lipinski definition) is 3. The van der Waals surface area contributed by atoms with Crippen LogP contribution in [-0.4, -0.2) is 37.6 Å². The van der Waals surface area contributed by atoms with Gasteiger partial charge in [-0.3, -0.25) is 0 Å². The highest BCUT2D eigenvalue weighted by molar-refractivity contribution is 4.69. The Bertz CT molecular complexity index is 458. The molecule has 2 aliphatic rings. The van der Waals surface area contributed by atoms with E-state index in [0.29, 0.717) is 24.4 Å². The van der Waals surface area contributed by atoms with E-state index in [9.17, 15) is 0 Å². The predicted octanol–water partition coefficient (Wildman–Crippen LogP) is 11.5. The minimum atomic E-state index is 0.502. The lowest BCUT2D eigenvalue weighted by Gasteiger charge is -2.26. The van der Waals surface area contributed by atoms with E-state index in [1.54, 1.807) is 0 Å². The molecule has 0 bridgehead atoms. The lowest BCUT2D eigenvalue weighted by Crippen LogP contribution is -2.26. The lowest BCUT2D eigenvalue weighted by molar-refractivity contribution is -0.0557. The van der Waals surface area contributed by atoms with E-state index in [-0.39, 0.29) is 0 Å². The maximum Gasteiger partial charge on any atom is 0.0597 e. The second-order valence-electron chi connectivity index (χ2n) is 13.0. The fourth-order valence-corrected chi connectivity index (χ4v) is 6.36. The summed E-state index contributed by atoms with van der Waals surface area (Å²) in [7, 11) is 0. The Hall–Kier alpha value is -0.120. The average Bonchev–Trinajstić information content (AvgIpc) is 2.89. The Morgan fingerprint density at radius 1 is 0.462 bits per heavy atom. The average molecular weight is 551 g/mol. The van der Waals surface area contributed by atoms with Crippen LogP contribution in [0.4, 0.5) is 0 Å². The van der Waals surface area contributed by atoms with Gasteiger partial charge in [-0.2, -0.15) is 0 Å². The van der Waals surface area contributed by atoms with Crippen LogP contribution in [0.2, 0.25) is 0 Å². The van der Waals surface area contributed by atoms with Gasteiger partial charge >= 0.3 is 0 Å². The molecule has 2 rings (SSSR count). The summed E-state index contributed by atoms with van der Waals surface area (Å²) < 4.78 is 18.1. The molecule has 0 radical (unpaired) electrons. The second kappa shape index (κ2) is 25.6. The van der Waals surface area contributed by atoms with Crippen molar-refractivity contribution in [1.82, 2.24) is 0 Å². The van der Waals surface area contributed by atoms with E-state index in [1.807, 2.05) is 0 Å². The van der Waals surface area contributed by atoms with Gasteiger partial charge in [0.05, 0.1) is 24.4 Å². The molecule has 0 saturated carbocycles. The van der Waals surface area contributed by atoms with Crippen molar-refractivity contribution in [3.8, 4) is 0 Å². The van der Waals surface area contributed by atoms with E-state index in [4.69, 9.17) is 14.2 Å². The van der Waals surface area contributed by atoms with Gasteiger partial charge in [0, 0.05) is 13.2 Å². The van der Waals surface area contributed by atoms with Crippen molar-refractivity contribution < 1.29 is 14.2 Å². The topological polar surface area (TPSA) is 27.7 Å². The van der Waals surface area contributed by atoms with Crippen molar-refractivity contribution >= 4 is 0 Å². The molecule has 39 heavy (non-hydrogen) atoms. The molecule has 2 aliphatic heterocycles. The van der Waals surface area contributed by atoms with Crippen molar-refractivity contribution in [3.63, 3.8) is 0 Å². The Kier molecular flexibility index (Phi) is 23.0. The summed E-state index contributed by atoms with van der Waals surface area (Å²) in [5.41, 5.74) is 0. The van der Waals surface area contributed by atoms with Crippen LogP contribution < -0.4 is 0 Å². The third kappa shape index (κ3) is 19.6. The van der Waals surface area contributed by atoms with Gasteiger partial charge in [0.25, 0.3) is 0 Å². The Morgan fingerprint density at radius 2 is 0.769 bits per heavy atom. The maximum absolute atomic E-state index is 6.96. The van der Waals surface area contributed by atoms with E-state index in [1.165, 1.54) is 180 Å². The smallest absolute Gasteiger partial charge is 0.0597 e. The number of unbranched alkanes of at least 4 members (excludes halogenated alkanes) is 16. The SMILES string of the molecule is CCCCCCC(CCCCCCCCC1CCO1)OC(CCCCCC)CCCCCCCCC1CCO1. The summed E-state index contributed by atoms with van der Waals surface area (Å²) in [6.45, 7) is 6.65. The highest BCUT2D eigenvalue weighted by Gasteiger charge is 2.18. The molecule has 232 valence electrons. The van der Waals surface area contributed by atoms with Crippen molar-refractivity contribution in [1.29, 1.82) is 0 Å². The van der Waals surface area contributed by atoms with Crippen LogP contribution in [0.25, 0.3) is 0 Å². The van der Waals surface area contributed by atoms with E-state index < -0.39 is 0 Å². The summed E-state index contributed by atoms with van der Waals surface area (Å²) in [6, 6.07) is 0. The summed E-state index contributed by atoms with van der Waals surface area (Å²) in [6.07, 6.45) is 40.1. The first kappa shape index (κ1) is 35.1. The van der Waals surface area contributed by atoms with Gasteiger partial charge in [0.2, 0.25) is 0 Å². The zero-order chi connectivity index (χ0) is 27.6. The molecule has 2 heterocycles. The van der Waals surface area contributed by atoms with E-state index in [0.717, 1.165) is 13.2 Å². The summed E-state index contributed by atoms with van der Waals surface area (Å²) in [5, 5.41) is 0. The van der Waals surface area contributed by atoms with Crippen LogP contribution in [-0.2, 0) is 14.2 Å². The van der Waals surface area contributed by atoms with Crippen molar-refractivity contribution in [2.24, 2.45) is 0 Å². The first-order valence-electron chi connectivity index (χ1n) is 18.2. The molecule has 3 nitrogen and oxygen atoms in total. The fourth-order valence-electron chi connectivity index (χ4n) is 6.36. The van der Waals surface area contributed by atoms with E-state index in [2.05, 4.69) is 13.8 Å². The standard InChI is InChI=1S/C36H70O3/c1-3-5-7-17-25-35(27-21-15-11-9-13-19-23-33-29-31-37-33)39-36(26-18-8-6-4-2)28-22-16-12-10-14-20-24-34-30-32-38-34/h33-36H,3-32H2,1-2H3. The second-order valence-corrected chi connectivity index (χ2v) is 13.0. The van der Waals surface area contributed by atoms with Crippen molar-refractivity contribution in [2.75, 3.05) is 13.2 Å². The molecular weight excluding hydrogens is 480 g/mol. The van der Waals surface area contributed by atoms with Gasteiger partial charge in [-0.15, -0.1) is 0 Å². The Balaban J connectivity index is 1.62. The molecule has 2 fully saturated rings. The van der Waals surface area contributed by atoms with Crippen molar-refractivity contribution in [3.05, 3.63) is 0 Å². The molecular formula is C36H70O3. The van der Waals surface area contributed by atoms with Gasteiger partial charge in [-0.05, 0) is 51.4 Å². The van der Waals surface area contributed by atoms with E-state index >= 15 is 0 Å². The molecule has 0 amide bonds. The summed E-state index contributed by atoms with van der Waals surface area (Å²) >= 11 is 0. The highest BCUT2D eigenvalue weighted by Crippen LogP contribution is 2.24. The quantitative estimate of drug-likeness (QED) is 0.0832. The zero-order valence-electron chi connectivity index (χ0n) is 26.7. The fraction of sp³-hybridized carbons (Fsp3) is 1.00. The molecule has 2 saturated heterocycles. The van der Waals surface area contributed by atoms with Crippen LogP contribution in [0.15, 0.2) is 0 Å². The number of ether oxygens (including phenoxy) is 3. The minimum absolute atomic E-state index is 0.502. The normalized spacial score (nSPS) is 20.5. The minimum Gasteiger partial charge on any atom is -0.378 e. The summed E-state index contributed by atoms with van der Waals surface area (Å²) in [4.78, 5) is 0. The maximum atomic E-state index is 6.96. The van der Waals surface area contributed by atoms with Crippen LogP contribution in [0.3, 0.4) is 0 Å². The molecule has 4 unspecified atom stereocenters. The van der Waals surface area contributed by atoms with Gasteiger partial charge in [-0.1, -0.05) is 142 Å². The molecule has 0 aliphatic carbocycles. The van der Waals surface area contributed by atoms with Gasteiger partial charge in [-0.25, -0.2) is 0 Å². The van der Waals surface area contributed by atoms with Crippen molar-refractivity contribution in [2.45, 2.75) is 218 Å². The van der Waals surface area contributed by atoms with Crippen LogP contribution in [0.1, 0.15) is 194 Å². The number of rotatable bonds is 30. The molecule has 0 N–H and O–H groups in total. The Labute approximate surface area is 245 Å². The molecule has 4 atom stereocenters. The molecule has 0 aromatic carbocycles. The number of hydrogen-bond donors (Lipinski definition) is 0. The first-order chi connectivity index (χ1) is 19.3. The van der Waals surface area contributed by atoms with Gasteiger partial charge in [0.15, 0.2) is 0 Å². The van der Waals surface area contributed by atoms with Gasteiger partial charge in [0.1, 0.15) is 0 Å². The lowest BCUT2D eigenvalue weighted by atomic mass is 9.99. The van der Waals surface area contributed by atoms with Crippen LogP contribution in [0, 0.1) is 0 Å².